The highest BCUT2D eigenvalue weighted by Crippen LogP contribution is 2.39. The van der Waals surface area contributed by atoms with Gasteiger partial charge in [0.1, 0.15) is 0 Å². The largest absolute Gasteiger partial charge is 0.353 e. The van der Waals surface area contributed by atoms with Gasteiger partial charge in [-0.25, -0.2) is 4.98 Å². The molecule has 106 valence electrons. The summed E-state index contributed by atoms with van der Waals surface area (Å²) in [6, 6.07) is 0.645. The van der Waals surface area contributed by atoms with Crippen molar-refractivity contribution in [2.24, 2.45) is 5.41 Å². The van der Waals surface area contributed by atoms with Crippen LogP contribution in [0.1, 0.15) is 64.7 Å². The first-order valence-electron chi connectivity index (χ1n) is 8.03. The van der Waals surface area contributed by atoms with Crippen molar-refractivity contribution in [1.29, 1.82) is 0 Å². The maximum atomic E-state index is 4.54. The molecule has 0 spiro atoms. The highest BCUT2D eigenvalue weighted by atomic mass is 15.2. The first-order valence-corrected chi connectivity index (χ1v) is 8.03. The topological polar surface area (TPSA) is 29.9 Å². The molecule has 0 saturated heterocycles. The van der Waals surface area contributed by atoms with E-state index in [9.17, 15) is 0 Å². The SMILES string of the molecule is CC1(Cn2ccnc2NC2CCCCC2)CCCC1. The molecule has 0 aromatic carbocycles. The standard InChI is InChI=1S/C16H27N3/c1-16(9-5-6-10-16)13-19-12-11-17-15(19)18-14-7-3-2-4-8-14/h11-12,14H,2-10,13H2,1H3,(H,17,18). The van der Waals surface area contributed by atoms with Crippen molar-refractivity contribution in [3.63, 3.8) is 0 Å². The molecule has 2 aliphatic rings. The predicted octanol–water partition coefficient (Wildman–Crippen LogP) is 4.21. The second kappa shape index (κ2) is 5.56. The summed E-state index contributed by atoms with van der Waals surface area (Å²) in [4.78, 5) is 4.54. The van der Waals surface area contributed by atoms with E-state index in [-0.39, 0.29) is 0 Å². The Balaban J connectivity index is 1.64. The summed E-state index contributed by atoms with van der Waals surface area (Å²) < 4.78 is 2.35. The third kappa shape index (κ3) is 3.13. The second-order valence-electron chi connectivity index (χ2n) is 6.88. The van der Waals surface area contributed by atoms with E-state index in [1.807, 2.05) is 6.20 Å². The lowest BCUT2D eigenvalue weighted by atomic mass is 9.89. The van der Waals surface area contributed by atoms with E-state index in [1.165, 1.54) is 57.8 Å². The number of hydrogen-bond donors (Lipinski definition) is 1. The molecule has 3 heteroatoms. The van der Waals surface area contributed by atoms with Crippen molar-refractivity contribution in [2.75, 3.05) is 5.32 Å². The molecule has 0 aliphatic heterocycles. The summed E-state index contributed by atoms with van der Waals surface area (Å²) in [5.74, 6) is 1.10. The van der Waals surface area contributed by atoms with Gasteiger partial charge in [-0.2, -0.15) is 0 Å². The van der Waals surface area contributed by atoms with Crippen molar-refractivity contribution in [3.8, 4) is 0 Å². The van der Waals surface area contributed by atoms with Crippen LogP contribution in [0.3, 0.4) is 0 Å². The van der Waals surface area contributed by atoms with Crippen LogP contribution in [0.4, 0.5) is 5.95 Å². The Morgan fingerprint density at radius 2 is 1.95 bits per heavy atom. The maximum absolute atomic E-state index is 4.54. The van der Waals surface area contributed by atoms with E-state index >= 15 is 0 Å². The molecule has 3 rings (SSSR count). The molecule has 19 heavy (non-hydrogen) atoms. The Bertz CT molecular complexity index is 398. The van der Waals surface area contributed by atoms with Crippen molar-refractivity contribution >= 4 is 5.95 Å². The summed E-state index contributed by atoms with van der Waals surface area (Å²) in [6.07, 6.45) is 16.4. The fraction of sp³-hybridized carbons (Fsp3) is 0.812. The molecule has 0 unspecified atom stereocenters. The van der Waals surface area contributed by atoms with Crippen LogP contribution in [0.25, 0.3) is 0 Å². The monoisotopic (exact) mass is 261 g/mol. The van der Waals surface area contributed by atoms with Crippen LogP contribution in [0.5, 0.6) is 0 Å². The highest BCUT2D eigenvalue weighted by molar-refractivity contribution is 5.28. The molecule has 2 fully saturated rings. The molecule has 0 bridgehead atoms. The lowest BCUT2D eigenvalue weighted by molar-refractivity contribution is 0.282. The zero-order valence-corrected chi connectivity index (χ0v) is 12.2. The number of hydrogen-bond acceptors (Lipinski definition) is 2. The van der Waals surface area contributed by atoms with E-state index in [0.29, 0.717) is 11.5 Å². The molecule has 0 atom stereocenters. The highest BCUT2D eigenvalue weighted by Gasteiger charge is 2.29. The molecule has 3 nitrogen and oxygen atoms in total. The average Bonchev–Trinajstić information content (AvgIpc) is 3.02. The van der Waals surface area contributed by atoms with Crippen molar-refractivity contribution in [2.45, 2.75) is 77.3 Å². The van der Waals surface area contributed by atoms with Gasteiger partial charge < -0.3 is 9.88 Å². The van der Waals surface area contributed by atoms with Crippen molar-refractivity contribution < 1.29 is 0 Å². The summed E-state index contributed by atoms with van der Waals surface area (Å²) in [6.45, 7) is 3.56. The van der Waals surface area contributed by atoms with Gasteiger partial charge >= 0.3 is 0 Å². The van der Waals surface area contributed by atoms with E-state index in [2.05, 4.69) is 28.0 Å². The third-order valence-corrected chi connectivity index (χ3v) is 5.02. The third-order valence-electron chi connectivity index (χ3n) is 5.02. The Morgan fingerprint density at radius 1 is 1.21 bits per heavy atom. The minimum absolute atomic E-state index is 0.490. The van der Waals surface area contributed by atoms with Crippen LogP contribution in [-0.2, 0) is 6.54 Å². The molecular weight excluding hydrogens is 234 g/mol. The first kappa shape index (κ1) is 13.0. The average molecular weight is 261 g/mol. The molecule has 0 amide bonds. The van der Waals surface area contributed by atoms with Crippen LogP contribution in [0, 0.1) is 5.41 Å². The number of nitrogens with one attached hydrogen (secondary N) is 1. The number of imidazole rings is 1. The van der Waals surface area contributed by atoms with Gasteiger partial charge in [-0.15, -0.1) is 0 Å². The first-order chi connectivity index (χ1) is 9.25. The Morgan fingerprint density at radius 3 is 2.68 bits per heavy atom. The molecule has 1 N–H and O–H groups in total. The lowest BCUT2D eigenvalue weighted by Gasteiger charge is -2.27. The smallest absolute Gasteiger partial charge is 0.203 e. The fourth-order valence-electron chi connectivity index (χ4n) is 3.80. The zero-order valence-electron chi connectivity index (χ0n) is 12.2. The van der Waals surface area contributed by atoms with Crippen LogP contribution in [0.2, 0.25) is 0 Å². The summed E-state index contributed by atoms with van der Waals surface area (Å²) in [7, 11) is 0. The van der Waals surface area contributed by atoms with Crippen molar-refractivity contribution in [3.05, 3.63) is 12.4 Å². The van der Waals surface area contributed by atoms with E-state index in [1.54, 1.807) is 0 Å². The normalized spacial score (nSPS) is 23.6. The van der Waals surface area contributed by atoms with Crippen LogP contribution < -0.4 is 5.32 Å². The summed E-state index contributed by atoms with van der Waals surface area (Å²) in [5, 5.41) is 3.67. The Hall–Kier alpha value is -0.990. The van der Waals surface area contributed by atoms with E-state index < -0.39 is 0 Å². The molecule has 0 radical (unpaired) electrons. The predicted molar refractivity (Wildman–Crippen MR) is 79.3 cm³/mol. The van der Waals surface area contributed by atoms with Gasteiger partial charge in [0.05, 0.1) is 0 Å². The molecule has 1 aromatic heterocycles. The van der Waals surface area contributed by atoms with Crippen LogP contribution >= 0.6 is 0 Å². The molecule has 2 saturated carbocycles. The van der Waals surface area contributed by atoms with Crippen LogP contribution in [-0.4, -0.2) is 15.6 Å². The second-order valence-corrected chi connectivity index (χ2v) is 6.88. The number of anilines is 1. The molecule has 2 aliphatic carbocycles. The van der Waals surface area contributed by atoms with Gasteiger partial charge in [0.25, 0.3) is 0 Å². The molecular formula is C16H27N3. The Kier molecular flexibility index (Phi) is 3.81. The molecule has 1 heterocycles. The lowest BCUT2D eigenvalue weighted by Crippen LogP contribution is -2.26. The quantitative estimate of drug-likeness (QED) is 0.880. The van der Waals surface area contributed by atoms with Gasteiger partial charge in [0.15, 0.2) is 0 Å². The summed E-state index contributed by atoms with van der Waals surface area (Å²) >= 11 is 0. The van der Waals surface area contributed by atoms with Gasteiger partial charge in [-0.1, -0.05) is 39.0 Å². The zero-order chi connectivity index (χ0) is 13.1. The fourth-order valence-corrected chi connectivity index (χ4v) is 3.80. The number of rotatable bonds is 4. The van der Waals surface area contributed by atoms with E-state index in [4.69, 9.17) is 0 Å². The van der Waals surface area contributed by atoms with Crippen molar-refractivity contribution in [1.82, 2.24) is 9.55 Å². The minimum atomic E-state index is 0.490. The number of aromatic nitrogens is 2. The number of nitrogens with zero attached hydrogens (tertiary/aromatic N) is 2. The van der Waals surface area contributed by atoms with E-state index in [0.717, 1.165) is 12.5 Å². The Labute approximate surface area is 116 Å². The van der Waals surface area contributed by atoms with Gasteiger partial charge in [0.2, 0.25) is 5.95 Å². The summed E-state index contributed by atoms with van der Waals surface area (Å²) in [5.41, 5.74) is 0.490. The van der Waals surface area contributed by atoms with Crippen LogP contribution in [0.15, 0.2) is 12.4 Å². The van der Waals surface area contributed by atoms with Gasteiger partial charge in [0, 0.05) is 25.0 Å². The van der Waals surface area contributed by atoms with Gasteiger partial charge in [-0.3, -0.25) is 0 Å². The maximum Gasteiger partial charge on any atom is 0.203 e. The van der Waals surface area contributed by atoms with Gasteiger partial charge in [-0.05, 0) is 31.1 Å². The molecule has 1 aromatic rings. The minimum Gasteiger partial charge on any atom is -0.353 e.